The third-order valence-electron chi connectivity index (χ3n) is 7.80. The van der Waals surface area contributed by atoms with Crippen molar-refractivity contribution in [2.45, 2.75) is 57.5 Å². The van der Waals surface area contributed by atoms with Crippen LogP contribution >= 0.6 is 11.6 Å². The molecule has 0 amide bonds. The summed E-state index contributed by atoms with van der Waals surface area (Å²) in [5.41, 5.74) is 8.11. The van der Waals surface area contributed by atoms with Crippen molar-refractivity contribution in [2.24, 2.45) is 0 Å². The Balaban J connectivity index is 1.22. The van der Waals surface area contributed by atoms with Gasteiger partial charge in [0.25, 0.3) is 0 Å². The van der Waals surface area contributed by atoms with E-state index in [0.29, 0.717) is 5.02 Å². The molecule has 0 saturated heterocycles. The van der Waals surface area contributed by atoms with Gasteiger partial charge in [-0.2, -0.15) is 0 Å². The second-order valence-electron chi connectivity index (χ2n) is 10.1. The minimum absolute atomic E-state index is 0.684. The van der Waals surface area contributed by atoms with Crippen LogP contribution in [0.3, 0.4) is 0 Å². The number of benzene rings is 3. The van der Waals surface area contributed by atoms with E-state index in [1.165, 1.54) is 55.3 Å². The predicted octanol–water partition coefficient (Wildman–Crippen LogP) is 8.22. The summed E-state index contributed by atoms with van der Waals surface area (Å²) in [7, 11) is 0. The van der Waals surface area contributed by atoms with Gasteiger partial charge in [-0.25, -0.2) is 4.98 Å². The van der Waals surface area contributed by atoms with Crippen LogP contribution < -0.4 is 5.32 Å². The summed E-state index contributed by atoms with van der Waals surface area (Å²) in [6.45, 7) is 2.22. The first-order valence-electron chi connectivity index (χ1n) is 13.3. The fourth-order valence-electron chi connectivity index (χ4n) is 5.85. The molecule has 2 N–H and O–H groups in total. The van der Waals surface area contributed by atoms with Gasteiger partial charge in [-0.1, -0.05) is 79.7 Å². The Bertz CT molecular complexity index is 1320. The molecule has 1 aromatic heterocycles. The number of hydrogen-bond acceptors (Lipinski definition) is 3. The molecule has 1 saturated carbocycles. The molecule has 5 heteroatoms. The molecule has 3 aromatic carbocycles. The molecule has 2 heterocycles. The van der Waals surface area contributed by atoms with Crippen LogP contribution in [0.5, 0.6) is 0 Å². The molecular weight excluding hydrogens is 464 g/mol. The molecule has 0 unspecified atom stereocenters. The van der Waals surface area contributed by atoms with Crippen molar-refractivity contribution in [1.82, 2.24) is 14.9 Å². The quantitative estimate of drug-likeness (QED) is 0.273. The molecule has 1 fully saturated rings. The zero-order valence-electron chi connectivity index (χ0n) is 20.6. The normalized spacial score (nSPS) is 16.9. The highest BCUT2D eigenvalue weighted by Crippen LogP contribution is 2.35. The van der Waals surface area contributed by atoms with Gasteiger partial charge in [0.05, 0.1) is 16.9 Å². The van der Waals surface area contributed by atoms with Gasteiger partial charge in [0, 0.05) is 36.1 Å². The van der Waals surface area contributed by atoms with E-state index >= 15 is 0 Å². The van der Waals surface area contributed by atoms with Gasteiger partial charge < -0.3 is 10.3 Å². The smallest absolute Gasteiger partial charge is 0.139 e. The second kappa shape index (κ2) is 10.5. The number of nitrogens with zero attached hydrogens (tertiary/aromatic N) is 2. The molecule has 0 bridgehead atoms. The van der Waals surface area contributed by atoms with Crippen molar-refractivity contribution in [2.75, 3.05) is 11.9 Å². The van der Waals surface area contributed by atoms with Crippen molar-refractivity contribution in [3.8, 4) is 22.6 Å². The summed E-state index contributed by atoms with van der Waals surface area (Å²) in [5, 5.41) is 4.38. The lowest BCUT2D eigenvalue weighted by Crippen LogP contribution is -2.39. The van der Waals surface area contributed by atoms with Gasteiger partial charge in [0.1, 0.15) is 5.82 Å². The van der Waals surface area contributed by atoms with Crippen LogP contribution in [-0.2, 0) is 13.0 Å². The Labute approximate surface area is 218 Å². The van der Waals surface area contributed by atoms with Gasteiger partial charge in [-0.3, -0.25) is 4.90 Å². The van der Waals surface area contributed by atoms with Crippen LogP contribution in [0.4, 0.5) is 11.4 Å². The monoisotopic (exact) mass is 496 g/mol. The zero-order chi connectivity index (χ0) is 24.3. The number of anilines is 2. The van der Waals surface area contributed by atoms with Crippen LogP contribution in [0, 0.1) is 0 Å². The largest absolute Gasteiger partial charge is 0.355 e. The van der Waals surface area contributed by atoms with Crippen molar-refractivity contribution >= 4 is 23.0 Å². The summed E-state index contributed by atoms with van der Waals surface area (Å²) >= 11 is 6.61. The minimum atomic E-state index is 0.684. The fourth-order valence-corrected chi connectivity index (χ4v) is 6.05. The van der Waals surface area contributed by atoms with E-state index in [0.717, 1.165) is 53.9 Å². The van der Waals surface area contributed by atoms with Gasteiger partial charge in [0.2, 0.25) is 0 Å². The van der Waals surface area contributed by atoms with Gasteiger partial charge in [-0.05, 0) is 60.2 Å². The SMILES string of the molecule is Clc1ccc(Nc2cccc3c2CCN(C2CCCCCC2)C3)cc1-c1ncc(-c2ccccc2)[nH]1. The maximum atomic E-state index is 6.61. The number of aromatic amines is 1. The lowest BCUT2D eigenvalue weighted by atomic mass is 9.95. The third kappa shape index (κ3) is 4.93. The van der Waals surface area contributed by atoms with Crippen molar-refractivity contribution in [3.63, 3.8) is 0 Å². The van der Waals surface area contributed by atoms with Crippen LogP contribution in [0.25, 0.3) is 22.6 Å². The molecule has 0 radical (unpaired) electrons. The van der Waals surface area contributed by atoms with E-state index in [9.17, 15) is 0 Å². The highest BCUT2D eigenvalue weighted by Gasteiger charge is 2.25. The lowest BCUT2D eigenvalue weighted by molar-refractivity contribution is 0.162. The van der Waals surface area contributed by atoms with Crippen LogP contribution in [0.15, 0.2) is 72.9 Å². The Morgan fingerprint density at radius 1 is 0.917 bits per heavy atom. The van der Waals surface area contributed by atoms with E-state index in [-0.39, 0.29) is 0 Å². The average molecular weight is 497 g/mol. The lowest BCUT2D eigenvalue weighted by Gasteiger charge is -2.36. The summed E-state index contributed by atoms with van der Waals surface area (Å²) < 4.78 is 0. The first-order valence-corrected chi connectivity index (χ1v) is 13.6. The molecule has 6 rings (SSSR count). The summed E-state index contributed by atoms with van der Waals surface area (Å²) in [6.07, 6.45) is 11.3. The Hall–Kier alpha value is -3.08. The summed E-state index contributed by atoms with van der Waals surface area (Å²) in [4.78, 5) is 10.8. The van der Waals surface area contributed by atoms with E-state index in [1.54, 1.807) is 0 Å². The number of rotatable bonds is 5. The second-order valence-corrected chi connectivity index (χ2v) is 10.5. The summed E-state index contributed by atoms with van der Waals surface area (Å²) in [6, 6.07) is 23.8. The molecule has 1 aliphatic carbocycles. The fraction of sp³-hybridized carbons (Fsp3) is 0.323. The average Bonchev–Trinajstić information content (AvgIpc) is 3.25. The Kier molecular flexibility index (Phi) is 6.80. The molecule has 184 valence electrons. The number of H-pyrrole nitrogens is 1. The topological polar surface area (TPSA) is 44.0 Å². The number of halogens is 1. The summed E-state index contributed by atoms with van der Waals surface area (Å²) in [5.74, 6) is 0.775. The minimum Gasteiger partial charge on any atom is -0.355 e. The first-order chi connectivity index (χ1) is 17.7. The number of fused-ring (bicyclic) bond motifs is 1. The zero-order valence-corrected chi connectivity index (χ0v) is 21.4. The molecule has 2 aliphatic rings. The van der Waals surface area contributed by atoms with Crippen molar-refractivity contribution in [1.29, 1.82) is 0 Å². The molecule has 4 nitrogen and oxygen atoms in total. The number of nitrogens with one attached hydrogen (secondary N) is 2. The Morgan fingerprint density at radius 3 is 2.58 bits per heavy atom. The van der Waals surface area contributed by atoms with E-state index < -0.39 is 0 Å². The molecule has 4 aromatic rings. The highest BCUT2D eigenvalue weighted by atomic mass is 35.5. The molecular formula is C31H33ClN4. The molecule has 0 spiro atoms. The molecule has 36 heavy (non-hydrogen) atoms. The number of aromatic nitrogens is 2. The first kappa shape index (κ1) is 23.3. The van der Waals surface area contributed by atoms with Gasteiger partial charge in [0.15, 0.2) is 0 Å². The Morgan fingerprint density at radius 2 is 1.75 bits per heavy atom. The standard InChI is InChI=1S/C31H33ClN4/c32-28-16-15-24(19-27(28)31-33-20-30(35-31)22-9-4-3-5-10-22)34-29-14-8-11-23-21-36(18-17-26(23)29)25-12-6-1-2-7-13-25/h3-5,8-11,14-16,19-20,25,34H,1-2,6-7,12-13,17-18,21H2,(H,33,35). The van der Waals surface area contributed by atoms with Gasteiger partial charge >= 0.3 is 0 Å². The number of hydrogen-bond donors (Lipinski definition) is 2. The van der Waals surface area contributed by atoms with Crippen LogP contribution in [0.2, 0.25) is 5.02 Å². The van der Waals surface area contributed by atoms with E-state index in [4.69, 9.17) is 11.6 Å². The van der Waals surface area contributed by atoms with Gasteiger partial charge in [-0.15, -0.1) is 0 Å². The highest BCUT2D eigenvalue weighted by molar-refractivity contribution is 6.33. The van der Waals surface area contributed by atoms with E-state index in [2.05, 4.69) is 56.6 Å². The van der Waals surface area contributed by atoms with E-state index in [1.807, 2.05) is 36.5 Å². The third-order valence-corrected chi connectivity index (χ3v) is 8.13. The van der Waals surface area contributed by atoms with Crippen LogP contribution in [0.1, 0.15) is 49.7 Å². The van der Waals surface area contributed by atoms with Crippen molar-refractivity contribution < 1.29 is 0 Å². The molecule has 0 atom stereocenters. The maximum absolute atomic E-state index is 6.61. The predicted molar refractivity (Wildman–Crippen MR) is 150 cm³/mol. The number of imidazole rings is 1. The van der Waals surface area contributed by atoms with Crippen LogP contribution in [-0.4, -0.2) is 27.5 Å². The van der Waals surface area contributed by atoms with Crippen molar-refractivity contribution in [3.05, 3.63) is 89.1 Å². The maximum Gasteiger partial charge on any atom is 0.139 e. The molecule has 1 aliphatic heterocycles.